The van der Waals surface area contributed by atoms with Gasteiger partial charge in [0, 0.05) is 48.2 Å². The van der Waals surface area contributed by atoms with Gasteiger partial charge >= 0.3 is 0 Å². The molecule has 2 heterocycles. The Bertz CT molecular complexity index is 958. The topological polar surface area (TPSA) is 69.7 Å². The van der Waals surface area contributed by atoms with Crippen LogP contribution in [0.4, 0.5) is 11.4 Å². The van der Waals surface area contributed by atoms with Crippen molar-refractivity contribution >= 4 is 40.9 Å². The summed E-state index contributed by atoms with van der Waals surface area (Å²) in [7, 11) is 0. The van der Waals surface area contributed by atoms with Gasteiger partial charge in [0.1, 0.15) is 0 Å². The molecule has 6 nitrogen and oxygen atoms in total. The summed E-state index contributed by atoms with van der Waals surface area (Å²) in [5.41, 5.74) is 1.64. The van der Waals surface area contributed by atoms with Crippen LogP contribution in [0, 0.1) is 11.8 Å². The molecule has 2 fully saturated rings. The number of amides is 3. The number of hydrogen-bond donors (Lipinski definition) is 1. The molecule has 2 aromatic carbocycles. The Morgan fingerprint density at radius 2 is 1.74 bits per heavy atom. The molecule has 0 saturated carbocycles. The first-order valence-electron chi connectivity index (χ1n) is 10.6. The smallest absolute Gasteiger partial charge is 0.228 e. The molecule has 0 spiro atoms. The molecule has 0 aliphatic carbocycles. The zero-order chi connectivity index (χ0) is 21.8. The Morgan fingerprint density at radius 1 is 1.00 bits per heavy atom. The number of hydrogen-bond acceptors (Lipinski definition) is 4. The first-order chi connectivity index (χ1) is 15.0. The number of carbonyl (C=O) groups is 3. The van der Waals surface area contributed by atoms with Gasteiger partial charge < -0.3 is 15.1 Å². The minimum Gasteiger partial charge on any atom is -0.342 e. The molecule has 1 unspecified atom stereocenters. The molecule has 0 bridgehead atoms. The second kappa shape index (κ2) is 9.56. The van der Waals surface area contributed by atoms with Crippen LogP contribution in [0.15, 0.2) is 59.5 Å². The lowest BCUT2D eigenvalue weighted by Crippen LogP contribution is -2.44. The number of para-hydroxylation sites is 1. The molecule has 2 saturated heterocycles. The number of nitrogens with zero attached hydrogens (tertiary/aromatic N) is 2. The molecule has 2 aliphatic rings. The van der Waals surface area contributed by atoms with Crippen molar-refractivity contribution in [1.29, 1.82) is 0 Å². The summed E-state index contributed by atoms with van der Waals surface area (Å²) in [5.74, 6) is -0.387. The fraction of sp³-hybridized carbons (Fsp3) is 0.375. The van der Waals surface area contributed by atoms with Crippen molar-refractivity contribution in [3.63, 3.8) is 0 Å². The van der Waals surface area contributed by atoms with Crippen LogP contribution in [-0.4, -0.2) is 48.5 Å². The van der Waals surface area contributed by atoms with Crippen molar-refractivity contribution in [2.45, 2.75) is 24.2 Å². The molecular weight excluding hydrogens is 410 g/mol. The maximum absolute atomic E-state index is 13.1. The SMILES string of the molecule is CSc1cccc(N2CC(C(=O)N3CCC(C(=O)Nc4ccccc4)CC3)CC2=O)c1. The highest BCUT2D eigenvalue weighted by atomic mass is 32.2. The maximum atomic E-state index is 13.1. The summed E-state index contributed by atoms with van der Waals surface area (Å²) in [6, 6.07) is 17.3. The van der Waals surface area contributed by atoms with E-state index in [9.17, 15) is 14.4 Å². The third-order valence-electron chi connectivity index (χ3n) is 6.06. The van der Waals surface area contributed by atoms with Crippen LogP contribution in [0.1, 0.15) is 19.3 Å². The number of piperidine rings is 1. The fourth-order valence-corrected chi connectivity index (χ4v) is 4.74. The van der Waals surface area contributed by atoms with Crippen LogP contribution in [0.25, 0.3) is 0 Å². The highest BCUT2D eigenvalue weighted by Gasteiger charge is 2.38. The average Bonchev–Trinajstić information content (AvgIpc) is 3.21. The Balaban J connectivity index is 1.31. The van der Waals surface area contributed by atoms with Crippen LogP contribution in [-0.2, 0) is 14.4 Å². The number of benzene rings is 2. The van der Waals surface area contributed by atoms with E-state index >= 15 is 0 Å². The molecule has 4 rings (SSSR count). The van der Waals surface area contributed by atoms with Crippen molar-refractivity contribution in [2.24, 2.45) is 11.8 Å². The van der Waals surface area contributed by atoms with Crippen LogP contribution in [0.2, 0.25) is 0 Å². The molecule has 1 N–H and O–H groups in total. The maximum Gasteiger partial charge on any atom is 0.228 e. The average molecular weight is 438 g/mol. The van der Waals surface area contributed by atoms with Gasteiger partial charge in [-0.1, -0.05) is 24.3 Å². The number of thioether (sulfide) groups is 1. The van der Waals surface area contributed by atoms with Crippen molar-refractivity contribution in [1.82, 2.24) is 4.90 Å². The molecule has 0 aromatic heterocycles. The van der Waals surface area contributed by atoms with E-state index in [0.717, 1.165) is 16.3 Å². The first-order valence-corrected chi connectivity index (χ1v) is 11.9. The number of anilines is 2. The summed E-state index contributed by atoms with van der Waals surface area (Å²) in [5, 5.41) is 2.95. The van der Waals surface area contributed by atoms with Crippen LogP contribution < -0.4 is 10.2 Å². The highest BCUT2D eigenvalue weighted by Crippen LogP contribution is 2.30. The van der Waals surface area contributed by atoms with E-state index in [0.29, 0.717) is 32.5 Å². The molecule has 162 valence electrons. The summed E-state index contributed by atoms with van der Waals surface area (Å²) >= 11 is 1.63. The molecular formula is C24H27N3O3S. The molecule has 7 heteroatoms. The lowest BCUT2D eigenvalue weighted by molar-refractivity contribution is -0.138. The second-order valence-corrected chi connectivity index (χ2v) is 8.94. The molecule has 2 aliphatic heterocycles. The van der Waals surface area contributed by atoms with Gasteiger partial charge in [0.05, 0.1) is 5.92 Å². The molecule has 2 aromatic rings. The van der Waals surface area contributed by atoms with Crippen molar-refractivity contribution in [2.75, 3.05) is 36.1 Å². The monoisotopic (exact) mass is 437 g/mol. The summed E-state index contributed by atoms with van der Waals surface area (Å²) < 4.78 is 0. The van der Waals surface area contributed by atoms with E-state index in [2.05, 4.69) is 5.32 Å². The van der Waals surface area contributed by atoms with E-state index in [4.69, 9.17) is 0 Å². The van der Waals surface area contributed by atoms with E-state index in [1.54, 1.807) is 16.7 Å². The third-order valence-corrected chi connectivity index (χ3v) is 6.78. The Labute approximate surface area is 187 Å². The van der Waals surface area contributed by atoms with Crippen LogP contribution in [0.3, 0.4) is 0 Å². The van der Waals surface area contributed by atoms with Crippen molar-refractivity contribution in [3.8, 4) is 0 Å². The Morgan fingerprint density at radius 3 is 2.45 bits per heavy atom. The van der Waals surface area contributed by atoms with Gasteiger partial charge in [-0.05, 0) is 49.4 Å². The molecule has 1 atom stereocenters. The predicted molar refractivity (Wildman–Crippen MR) is 123 cm³/mol. The molecule has 3 amide bonds. The summed E-state index contributed by atoms with van der Waals surface area (Å²) in [6.45, 7) is 1.53. The number of likely N-dealkylation sites (tertiary alicyclic amines) is 1. The van der Waals surface area contributed by atoms with E-state index in [1.165, 1.54) is 0 Å². The van der Waals surface area contributed by atoms with E-state index in [-0.39, 0.29) is 36.0 Å². The van der Waals surface area contributed by atoms with E-state index < -0.39 is 0 Å². The van der Waals surface area contributed by atoms with Gasteiger partial charge in [0.2, 0.25) is 17.7 Å². The van der Waals surface area contributed by atoms with Gasteiger partial charge in [-0.2, -0.15) is 0 Å². The number of nitrogens with one attached hydrogen (secondary N) is 1. The predicted octanol–water partition coefficient (Wildman–Crippen LogP) is 3.64. The molecule has 0 radical (unpaired) electrons. The number of rotatable bonds is 5. The van der Waals surface area contributed by atoms with E-state index in [1.807, 2.05) is 65.8 Å². The Hall–Kier alpha value is -2.80. The standard InChI is InChI=1S/C24H27N3O3S/c1-31-21-9-5-8-20(15-21)27-16-18(14-22(27)28)24(30)26-12-10-17(11-13-26)23(29)25-19-6-3-2-4-7-19/h2-9,15,17-18H,10-14,16H2,1H3,(H,25,29). The zero-order valence-electron chi connectivity index (χ0n) is 17.6. The quantitative estimate of drug-likeness (QED) is 0.725. The summed E-state index contributed by atoms with van der Waals surface area (Å²) in [4.78, 5) is 42.8. The minimum absolute atomic E-state index is 0.00581. The van der Waals surface area contributed by atoms with Gasteiger partial charge in [-0.3, -0.25) is 14.4 Å². The first kappa shape index (κ1) is 21.4. The highest BCUT2D eigenvalue weighted by molar-refractivity contribution is 7.98. The lowest BCUT2D eigenvalue weighted by atomic mass is 9.94. The largest absolute Gasteiger partial charge is 0.342 e. The van der Waals surface area contributed by atoms with Gasteiger partial charge in [-0.15, -0.1) is 11.8 Å². The van der Waals surface area contributed by atoms with Crippen molar-refractivity contribution < 1.29 is 14.4 Å². The second-order valence-electron chi connectivity index (χ2n) is 8.06. The van der Waals surface area contributed by atoms with Gasteiger partial charge in [0.25, 0.3) is 0 Å². The number of carbonyl (C=O) groups excluding carboxylic acids is 3. The molecule has 31 heavy (non-hydrogen) atoms. The van der Waals surface area contributed by atoms with Gasteiger partial charge in [0.15, 0.2) is 0 Å². The van der Waals surface area contributed by atoms with Crippen LogP contribution >= 0.6 is 11.8 Å². The van der Waals surface area contributed by atoms with Crippen molar-refractivity contribution in [3.05, 3.63) is 54.6 Å². The normalized spacial score (nSPS) is 19.5. The third kappa shape index (κ3) is 4.93. The van der Waals surface area contributed by atoms with Crippen LogP contribution in [0.5, 0.6) is 0 Å². The lowest BCUT2D eigenvalue weighted by Gasteiger charge is -2.33. The minimum atomic E-state index is -0.319. The Kier molecular flexibility index (Phi) is 6.61. The summed E-state index contributed by atoms with van der Waals surface area (Å²) in [6.07, 6.45) is 3.53. The van der Waals surface area contributed by atoms with Gasteiger partial charge in [-0.25, -0.2) is 0 Å². The zero-order valence-corrected chi connectivity index (χ0v) is 18.4. The fourth-order valence-electron chi connectivity index (χ4n) is 4.29.